The first-order valence-electron chi connectivity index (χ1n) is 7.87. The molecule has 1 radical (unpaired) electrons. The van der Waals surface area contributed by atoms with Gasteiger partial charge in [-0.15, -0.1) is 0 Å². The smallest absolute Gasteiger partial charge is 0.220 e. The second-order valence-corrected chi connectivity index (χ2v) is 5.24. The number of carbonyl (C=O) groups is 1. The molecule has 2 heteroatoms. The van der Waals surface area contributed by atoms with Crippen LogP contribution in [0, 0.1) is 6.92 Å². The zero-order valence-electron chi connectivity index (χ0n) is 12.3. The molecule has 1 amide bonds. The molecule has 0 heterocycles. The fourth-order valence-electron chi connectivity index (χ4n) is 2.19. The molecule has 0 aliphatic carbocycles. The van der Waals surface area contributed by atoms with E-state index in [4.69, 9.17) is 0 Å². The number of unbranched alkanes of at least 4 members (excludes halogenated alkanes) is 11. The summed E-state index contributed by atoms with van der Waals surface area (Å²) in [7, 11) is 0. The van der Waals surface area contributed by atoms with Gasteiger partial charge in [-0.25, -0.2) is 0 Å². The lowest BCUT2D eigenvalue weighted by Crippen LogP contribution is -2.20. The van der Waals surface area contributed by atoms with Crippen molar-refractivity contribution in [3.8, 4) is 0 Å². The zero-order chi connectivity index (χ0) is 13.5. The van der Waals surface area contributed by atoms with Crippen LogP contribution in [0.4, 0.5) is 0 Å². The monoisotopic (exact) mass is 254 g/mol. The Balaban J connectivity index is 2.92. The van der Waals surface area contributed by atoms with Crippen LogP contribution in [-0.2, 0) is 4.79 Å². The lowest BCUT2D eigenvalue weighted by molar-refractivity contribution is -0.116. The molecule has 0 fully saturated rings. The number of amides is 1. The number of hydrogen-bond acceptors (Lipinski definition) is 1. The third-order valence-electron chi connectivity index (χ3n) is 3.35. The number of rotatable bonds is 13. The van der Waals surface area contributed by atoms with Gasteiger partial charge in [-0.05, 0) is 6.42 Å². The molecule has 0 aromatic carbocycles. The molecule has 0 aromatic heterocycles. The minimum absolute atomic E-state index is 0.155. The predicted molar refractivity (Wildman–Crippen MR) is 79.4 cm³/mol. The maximum absolute atomic E-state index is 10.5. The molecular formula is C16H32NO. The fourth-order valence-corrected chi connectivity index (χ4v) is 2.19. The maximum Gasteiger partial charge on any atom is 0.220 e. The summed E-state index contributed by atoms with van der Waals surface area (Å²) in [6, 6.07) is 0. The van der Waals surface area contributed by atoms with Gasteiger partial charge in [0.25, 0.3) is 0 Å². The van der Waals surface area contributed by atoms with E-state index in [1.54, 1.807) is 0 Å². The third-order valence-corrected chi connectivity index (χ3v) is 3.35. The Bertz CT molecular complexity index is 180. The zero-order valence-corrected chi connectivity index (χ0v) is 12.3. The normalized spacial score (nSPS) is 10.6. The Labute approximate surface area is 114 Å². The molecule has 0 spiro atoms. The Kier molecular flexibility index (Phi) is 14.1. The Morgan fingerprint density at radius 3 is 1.56 bits per heavy atom. The fraction of sp³-hybridized carbons (Fsp3) is 0.875. The minimum Gasteiger partial charge on any atom is -0.356 e. The lowest BCUT2D eigenvalue weighted by atomic mass is 10.1. The van der Waals surface area contributed by atoms with E-state index in [-0.39, 0.29) is 5.91 Å². The van der Waals surface area contributed by atoms with Crippen molar-refractivity contribution in [2.75, 3.05) is 6.54 Å². The van der Waals surface area contributed by atoms with E-state index in [1.807, 2.05) is 0 Å². The van der Waals surface area contributed by atoms with Crippen molar-refractivity contribution in [3.05, 3.63) is 6.92 Å². The second-order valence-electron chi connectivity index (χ2n) is 5.24. The molecule has 0 atom stereocenters. The van der Waals surface area contributed by atoms with Crippen molar-refractivity contribution in [2.45, 2.75) is 84.0 Å². The van der Waals surface area contributed by atoms with Crippen LogP contribution in [0.25, 0.3) is 0 Å². The molecule has 0 bridgehead atoms. The predicted octanol–water partition coefficient (Wildman–Crippen LogP) is 4.64. The molecule has 0 rings (SSSR count). The van der Waals surface area contributed by atoms with Gasteiger partial charge in [0.1, 0.15) is 0 Å². The molecule has 0 saturated carbocycles. The van der Waals surface area contributed by atoms with E-state index >= 15 is 0 Å². The van der Waals surface area contributed by atoms with Crippen LogP contribution in [0.2, 0.25) is 0 Å². The van der Waals surface area contributed by atoms with E-state index < -0.39 is 0 Å². The number of hydrogen-bond donors (Lipinski definition) is 1. The van der Waals surface area contributed by atoms with Gasteiger partial charge >= 0.3 is 0 Å². The maximum atomic E-state index is 10.5. The highest BCUT2D eigenvalue weighted by atomic mass is 16.1. The summed E-state index contributed by atoms with van der Waals surface area (Å²) >= 11 is 0. The van der Waals surface area contributed by atoms with Crippen molar-refractivity contribution < 1.29 is 4.79 Å². The van der Waals surface area contributed by atoms with Crippen LogP contribution in [0.1, 0.15) is 84.0 Å². The summed E-state index contributed by atoms with van der Waals surface area (Å²) in [6.07, 6.45) is 16.2. The Hall–Kier alpha value is -0.530. The average Bonchev–Trinajstić information content (AvgIpc) is 2.34. The van der Waals surface area contributed by atoms with Gasteiger partial charge in [-0.2, -0.15) is 0 Å². The van der Waals surface area contributed by atoms with Crippen LogP contribution in [0.15, 0.2) is 0 Å². The van der Waals surface area contributed by atoms with Crippen LogP contribution in [0.3, 0.4) is 0 Å². The number of nitrogens with one attached hydrogen (secondary N) is 1. The van der Waals surface area contributed by atoms with Crippen molar-refractivity contribution in [1.82, 2.24) is 5.32 Å². The van der Waals surface area contributed by atoms with Gasteiger partial charge in [0.15, 0.2) is 0 Å². The topological polar surface area (TPSA) is 29.1 Å². The van der Waals surface area contributed by atoms with E-state index in [2.05, 4.69) is 19.2 Å². The van der Waals surface area contributed by atoms with Gasteiger partial charge in [0.2, 0.25) is 5.91 Å². The molecule has 2 nitrogen and oxygen atoms in total. The van der Waals surface area contributed by atoms with E-state index in [0.29, 0.717) is 0 Å². The molecule has 18 heavy (non-hydrogen) atoms. The SMILES string of the molecule is [CH2]C(=O)NCCCCCCCCCCCCCC. The van der Waals surface area contributed by atoms with E-state index in [0.717, 1.165) is 13.0 Å². The van der Waals surface area contributed by atoms with Gasteiger partial charge in [0.05, 0.1) is 0 Å². The highest BCUT2D eigenvalue weighted by molar-refractivity contribution is 5.79. The molecule has 0 unspecified atom stereocenters. The largest absolute Gasteiger partial charge is 0.356 e. The summed E-state index contributed by atoms with van der Waals surface area (Å²) in [5.41, 5.74) is 0. The van der Waals surface area contributed by atoms with Crippen molar-refractivity contribution >= 4 is 5.91 Å². The van der Waals surface area contributed by atoms with E-state index in [9.17, 15) is 4.79 Å². The molecule has 0 aromatic rings. The summed E-state index contributed by atoms with van der Waals surface area (Å²) in [4.78, 5) is 10.5. The minimum atomic E-state index is -0.155. The standard InChI is InChI=1S/C16H32NO/c1-3-4-5-6-7-8-9-10-11-12-13-14-15-17-16(2)18/h2-15H2,1H3,(H,17,18). The van der Waals surface area contributed by atoms with Gasteiger partial charge in [-0.1, -0.05) is 77.6 Å². The Morgan fingerprint density at radius 2 is 1.17 bits per heavy atom. The van der Waals surface area contributed by atoms with Gasteiger partial charge in [0, 0.05) is 13.5 Å². The molecule has 0 saturated heterocycles. The molecule has 0 aliphatic heterocycles. The third kappa shape index (κ3) is 15.5. The first-order chi connectivity index (χ1) is 8.77. The number of carbonyl (C=O) groups excluding carboxylic acids is 1. The Morgan fingerprint density at radius 1 is 0.778 bits per heavy atom. The van der Waals surface area contributed by atoms with Crippen LogP contribution >= 0.6 is 0 Å². The van der Waals surface area contributed by atoms with Gasteiger partial charge in [-0.3, -0.25) is 4.79 Å². The molecule has 0 aliphatic rings. The average molecular weight is 254 g/mol. The van der Waals surface area contributed by atoms with Crippen molar-refractivity contribution in [1.29, 1.82) is 0 Å². The van der Waals surface area contributed by atoms with Gasteiger partial charge < -0.3 is 5.32 Å². The highest BCUT2D eigenvalue weighted by Gasteiger charge is 1.94. The van der Waals surface area contributed by atoms with Crippen molar-refractivity contribution in [2.24, 2.45) is 0 Å². The lowest BCUT2D eigenvalue weighted by Gasteiger charge is -2.03. The highest BCUT2D eigenvalue weighted by Crippen LogP contribution is 2.11. The second kappa shape index (κ2) is 14.5. The summed E-state index contributed by atoms with van der Waals surface area (Å²) in [6.45, 7) is 6.34. The van der Waals surface area contributed by atoms with Crippen LogP contribution in [0.5, 0.6) is 0 Å². The van der Waals surface area contributed by atoms with E-state index in [1.165, 1.54) is 70.6 Å². The van der Waals surface area contributed by atoms with Crippen molar-refractivity contribution in [3.63, 3.8) is 0 Å². The molecular weight excluding hydrogens is 222 g/mol. The summed E-state index contributed by atoms with van der Waals surface area (Å²) < 4.78 is 0. The quantitative estimate of drug-likeness (QED) is 0.477. The molecule has 1 N–H and O–H groups in total. The van der Waals surface area contributed by atoms with Crippen LogP contribution in [-0.4, -0.2) is 12.5 Å². The first kappa shape index (κ1) is 17.5. The summed E-state index contributed by atoms with van der Waals surface area (Å²) in [5.74, 6) is -0.155. The molecule has 107 valence electrons. The summed E-state index contributed by atoms with van der Waals surface area (Å²) in [5, 5.41) is 2.73. The first-order valence-corrected chi connectivity index (χ1v) is 7.87. The van der Waals surface area contributed by atoms with Crippen LogP contribution < -0.4 is 5.32 Å².